The summed E-state index contributed by atoms with van der Waals surface area (Å²) < 4.78 is 7.65. The van der Waals surface area contributed by atoms with Crippen molar-refractivity contribution in [1.29, 1.82) is 0 Å². The van der Waals surface area contributed by atoms with E-state index >= 15 is 0 Å². The van der Waals surface area contributed by atoms with Crippen LogP contribution in [-0.4, -0.2) is 59.3 Å². The zero-order valence-corrected chi connectivity index (χ0v) is 19.8. The van der Waals surface area contributed by atoms with Gasteiger partial charge in [-0.3, -0.25) is 4.79 Å². The summed E-state index contributed by atoms with van der Waals surface area (Å²) in [5, 5.41) is 14.4. The molecule has 0 spiro atoms. The van der Waals surface area contributed by atoms with Crippen molar-refractivity contribution in [3.05, 3.63) is 53.6 Å². The fraction of sp³-hybridized carbons (Fsp3) is 0.429. The number of rotatable bonds is 3. The van der Waals surface area contributed by atoms with Gasteiger partial charge in [0.15, 0.2) is 0 Å². The van der Waals surface area contributed by atoms with Crippen molar-refractivity contribution in [2.24, 2.45) is 0 Å². The van der Waals surface area contributed by atoms with Crippen LogP contribution in [0.5, 0.6) is 0 Å². The van der Waals surface area contributed by atoms with Crippen molar-refractivity contribution in [2.75, 3.05) is 38.2 Å². The van der Waals surface area contributed by atoms with E-state index in [-0.39, 0.29) is 11.5 Å². The highest BCUT2D eigenvalue weighted by atomic mass is 16.5. The van der Waals surface area contributed by atoms with Crippen LogP contribution in [0.15, 0.2) is 42.5 Å². The maximum Gasteiger partial charge on any atom is 0.335 e. The minimum absolute atomic E-state index is 0.0580. The third-order valence-corrected chi connectivity index (χ3v) is 7.89. The minimum Gasteiger partial charge on any atom is -0.478 e. The molecule has 3 aliphatic rings. The molecule has 1 atom stereocenters. The van der Waals surface area contributed by atoms with E-state index in [4.69, 9.17) is 4.74 Å². The highest BCUT2D eigenvalue weighted by molar-refractivity contribution is 6.01. The largest absolute Gasteiger partial charge is 0.478 e. The Morgan fingerprint density at radius 2 is 1.77 bits per heavy atom. The smallest absolute Gasteiger partial charge is 0.335 e. The lowest BCUT2D eigenvalue weighted by molar-refractivity contribution is -0.138. The van der Waals surface area contributed by atoms with Gasteiger partial charge in [-0.05, 0) is 42.5 Å². The number of aromatic nitrogens is 1. The van der Waals surface area contributed by atoms with Crippen LogP contribution in [0, 0.1) is 0 Å². The van der Waals surface area contributed by atoms with Gasteiger partial charge in [0.2, 0.25) is 5.91 Å². The molecule has 2 fully saturated rings. The molecule has 3 heterocycles. The maximum absolute atomic E-state index is 14.0. The van der Waals surface area contributed by atoms with Crippen LogP contribution in [0.1, 0.15) is 60.0 Å². The molecule has 2 aromatic carbocycles. The number of hydrogen-bond donors (Lipinski definition) is 2. The first-order chi connectivity index (χ1) is 17.1. The molecule has 1 saturated heterocycles. The SMILES string of the molecule is O=C(O)c1ccc2c(C3CCCCC3)c3n(c2c1)C(C(=O)N1CCOCC1)CNc1ccccc1-3. The molecule has 3 aromatic rings. The lowest BCUT2D eigenvalue weighted by atomic mass is 9.81. The summed E-state index contributed by atoms with van der Waals surface area (Å²) in [4.78, 5) is 27.8. The molecule has 1 aromatic heterocycles. The minimum atomic E-state index is -0.954. The van der Waals surface area contributed by atoms with Gasteiger partial charge < -0.3 is 24.6 Å². The number of anilines is 1. The molecule has 2 aliphatic heterocycles. The summed E-state index contributed by atoms with van der Waals surface area (Å²) in [6.07, 6.45) is 5.87. The van der Waals surface area contributed by atoms with Gasteiger partial charge in [-0.15, -0.1) is 0 Å². The zero-order valence-electron chi connectivity index (χ0n) is 19.8. The van der Waals surface area contributed by atoms with Crippen molar-refractivity contribution in [1.82, 2.24) is 9.47 Å². The van der Waals surface area contributed by atoms with E-state index in [2.05, 4.69) is 22.0 Å². The Morgan fingerprint density at radius 3 is 2.54 bits per heavy atom. The molecule has 1 aliphatic carbocycles. The first-order valence-electron chi connectivity index (χ1n) is 12.7. The van der Waals surface area contributed by atoms with E-state index in [1.807, 2.05) is 23.1 Å². The van der Waals surface area contributed by atoms with Gasteiger partial charge in [0.25, 0.3) is 0 Å². The van der Waals surface area contributed by atoms with Gasteiger partial charge in [0, 0.05) is 36.3 Å². The summed E-state index contributed by atoms with van der Waals surface area (Å²) in [7, 11) is 0. The second-order valence-electron chi connectivity index (χ2n) is 9.88. The van der Waals surface area contributed by atoms with Gasteiger partial charge in [-0.25, -0.2) is 4.79 Å². The molecule has 1 amide bonds. The number of fused-ring (bicyclic) bond motifs is 5. The molecule has 2 N–H and O–H groups in total. The Labute approximate surface area is 204 Å². The predicted octanol–water partition coefficient (Wildman–Crippen LogP) is 4.88. The average molecular weight is 474 g/mol. The van der Waals surface area contributed by atoms with Crippen molar-refractivity contribution in [3.8, 4) is 11.3 Å². The number of para-hydroxylation sites is 1. The summed E-state index contributed by atoms with van der Waals surface area (Å²) in [6, 6.07) is 13.2. The molecule has 1 saturated carbocycles. The Kier molecular flexibility index (Phi) is 5.72. The molecular formula is C28H31N3O4. The van der Waals surface area contributed by atoms with E-state index in [0.29, 0.717) is 38.8 Å². The second kappa shape index (κ2) is 9.04. The first kappa shape index (κ1) is 22.2. The molecule has 0 radical (unpaired) electrons. The third-order valence-electron chi connectivity index (χ3n) is 7.89. The van der Waals surface area contributed by atoms with Crippen molar-refractivity contribution in [2.45, 2.75) is 44.1 Å². The Bertz CT molecular complexity index is 1280. The van der Waals surface area contributed by atoms with Crippen LogP contribution in [0.2, 0.25) is 0 Å². The number of carbonyl (C=O) groups excluding carboxylic acids is 1. The van der Waals surface area contributed by atoms with Crippen molar-refractivity contribution in [3.63, 3.8) is 0 Å². The Morgan fingerprint density at radius 1 is 1.00 bits per heavy atom. The monoisotopic (exact) mass is 473 g/mol. The summed E-state index contributed by atoms with van der Waals surface area (Å²) in [5.41, 5.74) is 5.53. The highest BCUT2D eigenvalue weighted by Crippen LogP contribution is 2.48. The van der Waals surface area contributed by atoms with Crippen LogP contribution in [0.25, 0.3) is 22.2 Å². The normalized spacial score (nSPS) is 20.6. The number of carbonyl (C=O) groups is 2. The maximum atomic E-state index is 14.0. The van der Waals surface area contributed by atoms with E-state index in [1.165, 1.54) is 24.8 Å². The zero-order chi connectivity index (χ0) is 23.9. The van der Waals surface area contributed by atoms with E-state index in [1.54, 1.807) is 12.1 Å². The standard InChI is InChI=1S/C28H31N3O4/c32-27(30-12-14-35-15-13-30)24-17-29-22-9-5-4-8-20(22)26-25(18-6-2-1-3-7-18)21-11-10-19(28(33)34)16-23(21)31(24)26/h4-5,8-11,16,18,24,29H,1-3,6-7,12-15,17H2,(H,33,34). The lowest BCUT2D eigenvalue weighted by Gasteiger charge is -2.31. The molecule has 0 bridgehead atoms. The number of carboxylic acids is 1. The van der Waals surface area contributed by atoms with Crippen LogP contribution in [-0.2, 0) is 9.53 Å². The number of nitrogens with zero attached hydrogens (tertiary/aromatic N) is 2. The lowest BCUT2D eigenvalue weighted by Crippen LogP contribution is -2.45. The van der Waals surface area contributed by atoms with E-state index < -0.39 is 12.0 Å². The highest BCUT2D eigenvalue weighted by Gasteiger charge is 2.36. The molecule has 1 unspecified atom stereocenters. The molecule has 35 heavy (non-hydrogen) atoms. The van der Waals surface area contributed by atoms with Crippen LogP contribution in [0.3, 0.4) is 0 Å². The summed E-state index contributed by atoms with van der Waals surface area (Å²) in [6.45, 7) is 2.69. The van der Waals surface area contributed by atoms with Gasteiger partial charge in [-0.1, -0.05) is 43.5 Å². The number of hydrogen-bond acceptors (Lipinski definition) is 4. The quantitative estimate of drug-likeness (QED) is 0.567. The van der Waals surface area contributed by atoms with Crippen LogP contribution in [0.4, 0.5) is 5.69 Å². The molecule has 182 valence electrons. The fourth-order valence-electron chi connectivity index (χ4n) is 6.21. The van der Waals surface area contributed by atoms with Gasteiger partial charge in [0.05, 0.1) is 30.0 Å². The number of carboxylic acid groups (broad SMARTS) is 1. The molecule has 7 nitrogen and oxygen atoms in total. The van der Waals surface area contributed by atoms with E-state index in [0.717, 1.165) is 40.7 Å². The summed E-state index contributed by atoms with van der Waals surface area (Å²) >= 11 is 0. The number of benzene rings is 2. The van der Waals surface area contributed by atoms with Gasteiger partial charge in [-0.2, -0.15) is 0 Å². The second-order valence-corrected chi connectivity index (χ2v) is 9.88. The summed E-state index contributed by atoms with van der Waals surface area (Å²) in [5.74, 6) is -0.504. The fourth-order valence-corrected chi connectivity index (χ4v) is 6.21. The Hall–Kier alpha value is -3.32. The van der Waals surface area contributed by atoms with Crippen LogP contribution < -0.4 is 5.32 Å². The van der Waals surface area contributed by atoms with Gasteiger partial charge >= 0.3 is 5.97 Å². The van der Waals surface area contributed by atoms with Gasteiger partial charge in [0.1, 0.15) is 6.04 Å². The van der Waals surface area contributed by atoms with Crippen molar-refractivity contribution < 1.29 is 19.4 Å². The first-order valence-corrected chi connectivity index (χ1v) is 12.7. The molecular weight excluding hydrogens is 442 g/mol. The number of nitrogens with one attached hydrogen (secondary N) is 1. The molecule has 7 heteroatoms. The third kappa shape index (κ3) is 3.78. The number of ether oxygens (including phenoxy) is 1. The van der Waals surface area contributed by atoms with Crippen molar-refractivity contribution >= 4 is 28.5 Å². The predicted molar refractivity (Wildman–Crippen MR) is 135 cm³/mol. The number of amides is 1. The average Bonchev–Trinajstić information content (AvgIpc) is 3.14. The van der Waals surface area contributed by atoms with E-state index in [9.17, 15) is 14.7 Å². The number of aromatic carboxylic acids is 1. The number of morpholine rings is 1. The van der Waals surface area contributed by atoms with Crippen LogP contribution >= 0.6 is 0 Å². The topological polar surface area (TPSA) is 83.8 Å². The molecule has 6 rings (SSSR count). The Balaban J connectivity index is 1.63.